The second-order valence-corrected chi connectivity index (χ2v) is 6.38. The Labute approximate surface area is 146 Å². The lowest BCUT2D eigenvalue weighted by atomic mass is 9.95. The molecule has 2 aliphatic rings. The van der Waals surface area contributed by atoms with Crippen LogP contribution in [0.4, 0.5) is 0 Å². The molecule has 0 saturated heterocycles. The van der Waals surface area contributed by atoms with Crippen LogP contribution < -0.4 is 14.8 Å². The van der Waals surface area contributed by atoms with E-state index in [1.165, 1.54) is 16.8 Å². The largest absolute Gasteiger partial charge is 0.486 e. The highest BCUT2D eigenvalue weighted by Gasteiger charge is 2.23. The number of aromatic nitrogens is 2. The molecule has 0 bridgehead atoms. The summed E-state index contributed by atoms with van der Waals surface area (Å²) in [6.07, 6.45) is 2.79. The van der Waals surface area contributed by atoms with Gasteiger partial charge in [-0.25, -0.2) is 4.98 Å². The summed E-state index contributed by atoms with van der Waals surface area (Å²) < 4.78 is 11.3. The van der Waals surface area contributed by atoms with Crippen molar-refractivity contribution in [1.29, 1.82) is 0 Å². The minimum Gasteiger partial charge on any atom is -0.486 e. The predicted octanol–water partition coefficient (Wildman–Crippen LogP) is 3.08. The van der Waals surface area contributed by atoms with E-state index in [1.807, 2.05) is 12.1 Å². The number of imidazole rings is 1. The quantitative estimate of drug-likeness (QED) is 0.757. The number of ether oxygens (including phenoxy) is 2. The van der Waals surface area contributed by atoms with Crippen LogP contribution in [0.3, 0.4) is 0 Å². The molecule has 0 fully saturated rings. The van der Waals surface area contributed by atoms with Crippen molar-refractivity contribution in [1.82, 2.24) is 15.3 Å². The van der Waals surface area contributed by atoms with Crippen LogP contribution in [0.5, 0.6) is 11.5 Å². The third kappa shape index (κ3) is 2.57. The first-order valence-electron chi connectivity index (χ1n) is 8.64. The zero-order valence-electron chi connectivity index (χ0n) is 13.8. The fourth-order valence-electron chi connectivity index (χ4n) is 3.59. The van der Waals surface area contributed by atoms with E-state index in [0.29, 0.717) is 13.2 Å². The molecule has 0 aliphatic carbocycles. The molecular formula is C20H19N3O2. The molecule has 1 atom stereocenters. The number of nitrogens with one attached hydrogen (secondary N) is 2. The standard InChI is InChI=1S/C20H19N3O2/c1-3-14(19-20-16(7-8-21-19)22-12-23-20)4-2-13(1)15-5-6-17-18(11-15)25-10-9-24-17/h1-6,11-12,19,21H,7-10H2,(H,22,23)/t19-/m0/s1. The van der Waals surface area contributed by atoms with Gasteiger partial charge in [0, 0.05) is 18.7 Å². The van der Waals surface area contributed by atoms with Crippen LogP contribution in [-0.4, -0.2) is 29.7 Å². The van der Waals surface area contributed by atoms with Gasteiger partial charge < -0.3 is 19.8 Å². The van der Waals surface area contributed by atoms with Gasteiger partial charge in [-0.1, -0.05) is 30.3 Å². The topological polar surface area (TPSA) is 59.2 Å². The SMILES string of the molecule is c1nc2c([nH]1)CCN[C@H]2c1ccc(-c2ccc3c(c2)OCCO3)cc1. The van der Waals surface area contributed by atoms with Crippen molar-refractivity contribution in [2.24, 2.45) is 0 Å². The third-order valence-corrected chi connectivity index (χ3v) is 4.87. The maximum atomic E-state index is 5.69. The van der Waals surface area contributed by atoms with Crippen molar-refractivity contribution < 1.29 is 9.47 Å². The zero-order chi connectivity index (χ0) is 16.6. The lowest BCUT2D eigenvalue weighted by molar-refractivity contribution is 0.171. The second-order valence-electron chi connectivity index (χ2n) is 6.38. The summed E-state index contributed by atoms with van der Waals surface area (Å²) in [5.74, 6) is 1.65. The van der Waals surface area contributed by atoms with Crippen LogP contribution in [0.1, 0.15) is 23.0 Å². The molecule has 0 radical (unpaired) electrons. The lowest BCUT2D eigenvalue weighted by Gasteiger charge is -2.23. The van der Waals surface area contributed by atoms with Crippen LogP contribution in [0.2, 0.25) is 0 Å². The van der Waals surface area contributed by atoms with Crippen LogP contribution in [0.15, 0.2) is 48.8 Å². The highest BCUT2D eigenvalue weighted by Crippen LogP contribution is 2.35. The van der Waals surface area contributed by atoms with Gasteiger partial charge in [0.25, 0.3) is 0 Å². The number of rotatable bonds is 2. The smallest absolute Gasteiger partial charge is 0.161 e. The Hall–Kier alpha value is -2.79. The van der Waals surface area contributed by atoms with Gasteiger partial charge >= 0.3 is 0 Å². The highest BCUT2D eigenvalue weighted by atomic mass is 16.6. The van der Waals surface area contributed by atoms with Gasteiger partial charge in [-0.05, 0) is 28.8 Å². The van der Waals surface area contributed by atoms with E-state index in [0.717, 1.165) is 35.7 Å². The Bertz CT molecular complexity index is 902. The Kier molecular flexibility index (Phi) is 3.45. The molecule has 25 heavy (non-hydrogen) atoms. The minimum atomic E-state index is 0.157. The molecule has 3 heterocycles. The molecule has 5 heteroatoms. The fourth-order valence-corrected chi connectivity index (χ4v) is 3.59. The Morgan fingerprint density at radius 3 is 2.60 bits per heavy atom. The Morgan fingerprint density at radius 2 is 1.72 bits per heavy atom. The molecular weight excluding hydrogens is 314 g/mol. The number of hydrogen-bond donors (Lipinski definition) is 2. The summed E-state index contributed by atoms with van der Waals surface area (Å²) in [6.45, 7) is 2.18. The number of benzene rings is 2. The van der Waals surface area contributed by atoms with Gasteiger partial charge in [-0.2, -0.15) is 0 Å². The van der Waals surface area contributed by atoms with E-state index in [4.69, 9.17) is 9.47 Å². The van der Waals surface area contributed by atoms with E-state index in [2.05, 4.69) is 45.6 Å². The highest BCUT2D eigenvalue weighted by molar-refractivity contribution is 5.67. The zero-order valence-corrected chi connectivity index (χ0v) is 13.8. The van der Waals surface area contributed by atoms with Crippen molar-refractivity contribution in [2.75, 3.05) is 19.8 Å². The molecule has 2 N–H and O–H groups in total. The van der Waals surface area contributed by atoms with Gasteiger partial charge in [-0.15, -0.1) is 0 Å². The van der Waals surface area contributed by atoms with Crippen molar-refractivity contribution >= 4 is 0 Å². The average molecular weight is 333 g/mol. The molecule has 5 nitrogen and oxygen atoms in total. The normalized spacial score (nSPS) is 18.6. The molecule has 3 aromatic rings. The van der Waals surface area contributed by atoms with Crippen molar-refractivity contribution in [3.05, 3.63) is 65.7 Å². The Morgan fingerprint density at radius 1 is 0.920 bits per heavy atom. The monoisotopic (exact) mass is 333 g/mol. The first-order chi connectivity index (χ1) is 12.4. The third-order valence-electron chi connectivity index (χ3n) is 4.87. The van der Waals surface area contributed by atoms with Crippen molar-refractivity contribution in [3.8, 4) is 22.6 Å². The molecule has 0 amide bonds. The number of H-pyrrole nitrogens is 1. The molecule has 2 aliphatic heterocycles. The number of nitrogens with zero attached hydrogens (tertiary/aromatic N) is 1. The number of hydrogen-bond acceptors (Lipinski definition) is 4. The molecule has 0 spiro atoms. The van der Waals surface area contributed by atoms with Gasteiger partial charge in [-0.3, -0.25) is 0 Å². The Balaban J connectivity index is 1.45. The van der Waals surface area contributed by atoms with Crippen LogP contribution >= 0.6 is 0 Å². The van der Waals surface area contributed by atoms with E-state index in [-0.39, 0.29) is 6.04 Å². The van der Waals surface area contributed by atoms with E-state index in [1.54, 1.807) is 6.33 Å². The molecule has 1 aromatic heterocycles. The van der Waals surface area contributed by atoms with Crippen molar-refractivity contribution in [3.63, 3.8) is 0 Å². The van der Waals surface area contributed by atoms with Gasteiger partial charge in [0.05, 0.1) is 18.1 Å². The van der Waals surface area contributed by atoms with Gasteiger partial charge in [0.15, 0.2) is 11.5 Å². The van der Waals surface area contributed by atoms with E-state index in [9.17, 15) is 0 Å². The van der Waals surface area contributed by atoms with Crippen LogP contribution in [0, 0.1) is 0 Å². The summed E-state index contributed by atoms with van der Waals surface area (Å²) in [6, 6.07) is 14.9. The summed E-state index contributed by atoms with van der Waals surface area (Å²) in [7, 11) is 0. The van der Waals surface area contributed by atoms with Crippen LogP contribution in [-0.2, 0) is 6.42 Å². The van der Waals surface area contributed by atoms with E-state index >= 15 is 0 Å². The summed E-state index contributed by atoms with van der Waals surface area (Å²) in [5.41, 5.74) is 5.87. The summed E-state index contributed by atoms with van der Waals surface area (Å²) in [5, 5.41) is 3.56. The lowest BCUT2D eigenvalue weighted by Crippen LogP contribution is -2.30. The summed E-state index contributed by atoms with van der Waals surface area (Å²) in [4.78, 5) is 7.74. The van der Waals surface area contributed by atoms with Gasteiger partial charge in [0.1, 0.15) is 13.2 Å². The maximum Gasteiger partial charge on any atom is 0.161 e. The van der Waals surface area contributed by atoms with Crippen molar-refractivity contribution in [2.45, 2.75) is 12.5 Å². The predicted molar refractivity (Wildman–Crippen MR) is 95.0 cm³/mol. The first-order valence-corrected chi connectivity index (χ1v) is 8.64. The molecule has 5 rings (SSSR count). The van der Waals surface area contributed by atoms with Crippen LogP contribution in [0.25, 0.3) is 11.1 Å². The number of aromatic amines is 1. The minimum absolute atomic E-state index is 0.157. The second kappa shape index (κ2) is 5.93. The van der Waals surface area contributed by atoms with E-state index < -0.39 is 0 Å². The molecule has 2 aromatic carbocycles. The molecule has 0 unspecified atom stereocenters. The number of fused-ring (bicyclic) bond motifs is 2. The van der Waals surface area contributed by atoms with Gasteiger partial charge in [0.2, 0.25) is 0 Å². The summed E-state index contributed by atoms with van der Waals surface area (Å²) >= 11 is 0. The molecule has 0 saturated carbocycles. The molecule has 126 valence electrons. The maximum absolute atomic E-state index is 5.69. The fraction of sp³-hybridized carbons (Fsp3) is 0.250. The first kappa shape index (κ1) is 14.5. The average Bonchev–Trinajstić information content (AvgIpc) is 3.17.